The van der Waals surface area contributed by atoms with Crippen molar-refractivity contribution in [2.75, 3.05) is 13.1 Å². The number of nitrogens with zero attached hydrogens (tertiary/aromatic N) is 3. The predicted octanol–water partition coefficient (Wildman–Crippen LogP) is 2.60. The molecule has 0 radical (unpaired) electrons. The van der Waals surface area contributed by atoms with Crippen LogP contribution < -0.4 is 5.32 Å². The number of hydrogen-bond donors (Lipinski definition) is 1. The number of aryl methyl sites for hydroxylation is 2. The van der Waals surface area contributed by atoms with Crippen LogP contribution in [-0.4, -0.2) is 34.0 Å². The van der Waals surface area contributed by atoms with Crippen molar-refractivity contribution >= 4 is 34.2 Å². The Morgan fingerprint density at radius 3 is 3.36 bits per heavy atom. The van der Waals surface area contributed by atoms with E-state index in [-0.39, 0.29) is 11.9 Å². The van der Waals surface area contributed by atoms with E-state index in [0.29, 0.717) is 6.42 Å². The molecule has 1 aromatic rings. The van der Waals surface area contributed by atoms with Gasteiger partial charge in [-0.05, 0) is 31.6 Å². The minimum atomic E-state index is 0.0857. The molecule has 0 unspecified atom stereocenters. The van der Waals surface area contributed by atoms with Crippen molar-refractivity contribution in [1.82, 2.24) is 15.2 Å². The summed E-state index contributed by atoms with van der Waals surface area (Å²) in [5.74, 6) is 0.0866. The van der Waals surface area contributed by atoms with Gasteiger partial charge in [0.15, 0.2) is 5.17 Å². The first-order valence-corrected chi connectivity index (χ1v) is 9.33. The molecule has 2 aliphatic heterocycles. The van der Waals surface area contributed by atoms with E-state index in [1.807, 2.05) is 6.92 Å². The van der Waals surface area contributed by atoms with Crippen molar-refractivity contribution in [3.8, 4) is 0 Å². The van der Waals surface area contributed by atoms with Gasteiger partial charge in [0.1, 0.15) is 0 Å². The average molecular weight is 334 g/mol. The van der Waals surface area contributed by atoms with Crippen LogP contribution in [0.15, 0.2) is 16.1 Å². The predicted molar refractivity (Wildman–Crippen MR) is 90.0 cm³/mol. The van der Waals surface area contributed by atoms with Gasteiger partial charge >= 0.3 is 0 Å². The topological polar surface area (TPSA) is 57.6 Å². The van der Waals surface area contributed by atoms with Crippen LogP contribution in [0.4, 0.5) is 0 Å². The molecule has 0 spiro atoms. The molecule has 0 fully saturated rings. The second kappa shape index (κ2) is 5.70. The maximum absolute atomic E-state index is 12.4. The Kier molecular flexibility index (Phi) is 3.69. The lowest BCUT2D eigenvalue weighted by Gasteiger charge is -2.23. The molecule has 116 valence electrons. The highest BCUT2D eigenvalue weighted by atomic mass is 32.2. The van der Waals surface area contributed by atoms with Crippen LogP contribution in [0.3, 0.4) is 0 Å². The van der Waals surface area contributed by atoms with Crippen molar-refractivity contribution in [2.24, 2.45) is 4.99 Å². The van der Waals surface area contributed by atoms with Crippen LogP contribution in [0.25, 0.3) is 0 Å². The number of carbonyl (C=O) groups is 1. The number of nitrogens with one attached hydrogen (secondary N) is 1. The molecule has 1 N–H and O–H groups in total. The molecule has 7 heteroatoms. The summed E-state index contributed by atoms with van der Waals surface area (Å²) in [7, 11) is 0. The Balaban J connectivity index is 1.42. The summed E-state index contributed by atoms with van der Waals surface area (Å²) in [6, 6.07) is 0.0857. The molecule has 3 aliphatic rings. The van der Waals surface area contributed by atoms with Gasteiger partial charge in [0.25, 0.3) is 0 Å². The van der Waals surface area contributed by atoms with Crippen LogP contribution >= 0.6 is 23.1 Å². The lowest BCUT2D eigenvalue weighted by molar-refractivity contribution is -0.121. The van der Waals surface area contributed by atoms with E-state index in [9.17, 15) is 4.79 Å². The minimum absolute atomic E-state index is 0.0857. The number of thiazole rings is 1. The number of fused-ring (bicyclic) bond motifs is 2. The zero-order chi connectivity index (χ0) is 15.1. The summed E-state index contributed by atoms with van der Waals surface area (Å²) in [5.41, 5.74) is 2.17. The molecule has 22 heavy (non-hydrogen) atoms. The Morgan fingerprint density at radius 1 is 1.55 bits per heavy atom. The maximum atomic E-state index is 12.4. The Hall–Kier alpha value is -1.34. The van der Waals surface area contributed by atoms with Gasteiger partial charge in [0, 0.05) is 17.1 Å². The summed E-state index contributed by atoms with van der Waals surface area (Å²) in [5, 5.41) is 7.37. The van der Waals surface area contributed by atoms with Gasteiger partial charge in [-0.3, -0.25) is 9.79 Å². The molecule has 0 saturated carbocycles. The zero-order valence-electron chi connectivity index (χ0n) is 12.5. The van der Waals surface area contributed by atoms with Crippen LogP contribution in [0.2, 0.25) is 0 Å². The van der Waals surface area contributed by atoms with E-state index in [2.05, 4.69) is 25.6 Å². The summed E-state index contributed by atoms with van der Waals surface area (Å²) < 4.78 is 0. The van der Waals surface area contributed by atoms with Crippen molar-refractivity contribution in [3.05, 3.63) is 26.7 Å². The number of aromatic nitrogens is 1. The summed E-state index contributed by atoms with van der Waals surface area (Å²) in [6.45, 7) is 3.78. The maximum Gasteiger partial charge on any atom is 0.226 e. The average Bonchev–Trinajstić information content (AvgIpc) is 3.15. The Labute approximate surface area is 137 Å². The fraction of sp³-hybridized carbons (Fsp3) is 0.533. The van der Waals surface area contributed by atoms with Crippen LogP contribution in [-0.2, 0) is 11.2 Å². The molecule has 1 aromatic heterocycles. The highest BCUT2D eigenvalue weighted by Crippen LogP contribution is 2.34. The van der Waals surface area contributed by atoms with Crippen molar-refractivity contribution in [3.63, 3.8) is 0 Å². The molecule has 5 nitrogen and oxygen atoms in total. The van der Waals surface area contributed by atoms with Gasteiger partial charge in [0.2, 0.25) is 5.91 Å². The number of rotatable bonds is 3. The highest BCUT2D eigenvalue weighted by Gasteiger charge is 2.29. The standard InChI is InChI=1S/C15H18N4OS2/c1-9-17-14-11(3-2-4-12(14)22-9)18-13(20)7-10-8-21-15-16-5-6-19(10)15/h8,11H,2-7H2,1H3,(H,18,20)/t11-/m0/s1. The normalized spacial score (nSPS) is 23.0. The van der Waals surface area contributed by atoms with Crippen LogP contribution in [0.5, 0.6) is 0 Å². The van der Waals surface area contributed by atoms with Gasteiger partial charge in [-0.2, -0.15) is 0 Å². The minimum Gasteiger partial charge on any atom is -0.347 e. The lowest BCUT2D eigenvalue weighted by Crippen LogP contribution is -2.33. The van der Waals surface area contributed by atoms with Gasteiger partial charge in [-0.15, -0.1) is 11.3 Å². The lowest BCUT2D eigenvalue weighted by atomic mass is 9.97. The van der Waals surface area contributed by atoms with Crippen molar-refractivity contribution in [1.29, 1.82) is 0 Å². The van der Waals surface area contributed by atoms with Gasteiger partial charge in [-0.1, -0.05) is 11.8 Å². The molecule has 0 aromatic carbocycles. The Morgan fingerprint density at radius 2 is 2.45 bits per heavy atom. The summed E-state index contributed by atoms with van der Waals surface area (Å²) >= 11 is 3.39. The quantitative estimate of drug-likeness (QED) is 0.923. The van der Waals surface area contributed by atoms with Crippen LogP contribution in [0, 0.1) is 6.92 Å². The van der Waals surface area contributed by atoms with E-state index < -0.39 is 0 Å². The van der Waals surface area contributed by atoms with Crippen molar-refractivity contribution in [2.45, 2.75) is 38.6 Å². The first kappa shape index (κ1) is 14.3. The van der Waals surface area contributed by atoms with E-state index in [1.165, 1.54) is 4.88 Å². The molecule has 4 rings (SSSR count). The molecule has 0 bridgehead atoms. The largest absolute Gasteiger partial charge is 0.347 e. The number of aliphatic imine (C=N–C) groups is 1. The molecule has 1 atom stereocenters. The summed E-state index contributed by atoms with van der Waals surface area (Å²) in [4.78, 5) is 25.0. The third-order valence-corrected chi connectivity index (χ3v) is 6.18. The number of amidine groups is 1. The van der Waals surface area contributed by atoms with E-state index >= 15 is 0 Å². The number of hydrogen-bond acceptors (Lipinski definition) is 6. The third kappa shape index (κ3) is 2.56. The molecule has 1 amide bonds. The first-order chi connectivity index (χ1) is 10.7. The fourth-order valence-electron chi connectivity index (χ4n) is 3.21. The molecular weight excluding hydrogens is 316 g/mol. The SMILES string of the molecule is Cc1nc2c(s1)CCC[C@@H]2NC(=O)CC1=CSC2=NCCN12. The smallest absolute Gasteiger partial charge is 0.226 e. The Bertz CT molecular complexity index is 679. The van der Waals surface area contributed by atoms with E-state index in [4.69, 9.17) is 0 Å². The fourth-order valence-corrected chi connectivity index (χ4v) is 5.20. The first-order valence-electron chi connectivity index (χ1n) is 7.64. The second-order valence-corrected chi connectivity index (χ2v) is 7.90. The third-order valence-electron chi connectivity index (χ3n) is 4.19. The monoisotopic (exact) mass is 334 g/mol. The number of thioether (sulfide) groups is 1. The van der Waals surface area contributed by atoms with Gasteiger partial charge in [0.05, 0.1) is 29.7 Å². The van der Waals surface area contributed by atoms with Crippen LogP contribution in [0.1, 0.15) is 40.9 Å². The molecular formula is C15H18N4OS2. The highest BCUT2D eigenvalue weighted by molar-refractivity contribution is 8.16. The molecule has 1 aliphatic carbocycles. The molecule has 0 saturated heterocycles. The van der Waals surface area contributed by atoms with Gasteiger partial charge < -0.3 is 10.2 Å². The molecule has 3 heterocycles. The number of amides is 1. The zero-order valence-corrected chi connectivity index (χ0v) is 14.1. The second-order valence-electron chi connectivity index (χ2n) is 5.77. The number of carbonyl (C=O) groups excluding carboxylic acids is 1. The summed E-state index contributed by atoms with van der Waals surface area (Å²) in [6.07, 6.45) is 3.65. The van der Waals surface area contributed by atoms with E-state index in [1.54, 1.807) is 23.1 Å². The van der Waals surface area contributed by atoms with E-state index in [0.717, 1.165) is 53.9 Å². The van der Waals surface area contributed by atoms with Gasteiger partial charge in [-0.25, -0.2) is 4.98 Å². The van der Waals surface area contributed by atoms with Crippen molar-refractivity contribution < 1.29 is 4.79 Å².